The lowest BCUT2D eigenvalue weighted by atomic mass is 10.1. The summed E-state index contributed by atoms with van der Waals surface area (Å²) >= 11 is 0. The highest BCUT2D eigenvalue weighted by molar-refractivity contribution is 6.06. The van der Waals surface area contributed by atoms with Gasteiger partial charge in [-0.05, 0) is 45.6 Å². The van der Waals surface area contributed by atoms with Crippen LogP contribution in [-0.4, -0.2) is 48.0 Å². The number of fused-ring (bicyclic) bond motifs is 3. The molecule has 0 unspecified atom stereocenters. The standard InChI is InChI=1S/C19H24N4O/c1-23(2)11-5-10-20-19(24)9-8-14-12-16-15-6-3-4-7-17(15)22-18(16)13-21-14/h3-4,6-7,12-13,22H,5,8-11H2,1-2H3,(H,20,24). The van der Waals surface area contributed by atoms with Crippen LogP contribution in [0.3, 0.4) is 0 Å². The Balaban J connectivity index is 1.59. The fourth-order valence-electron chi connectivity index (χ4n) is 2.88. The van der Waals surface area contributed by atoms with Gasteiger partial charge in [-0.15, -0.1) is 0 Å². The van der Waals surface area contributed by atoms with E-state index in [0.717, 1.165) is 36.2 Å². The van der Waals surface area contributed by atoms with Crippen molar-refractivity contribution in [2.45, 2.75) is 19.3 Å². The van der Waals surface area contributed by atoms with Crippen molar-refractivity contribution in [3.63, 3.8) is 0 Å². The van der Waals surface area contributed by atoms with E-state index in [1.165, 1.54) is 10.8 Å². The number of hydrogen-bond acceptors (Lipinski definition) is 3. The highest BCUT2D eigenvalue weighted by atomic mass is 16.1. The third kappa shape index (κ3) is 3.92. The zero-order valence-corrected chi connectivity index (χ0v) is 14.3. The van der Waals surface area contributed by atoms with E-state index in [2.05, 4.69) is 38.4 Å². The molecule has 1 amide bonds. The summed E-state index contributed by atoms with van der Waals surface area (Å²) in [4.78, 5) is 21.9. The normalized spacial score (nSPS) is 11.5. The molecule has 0 saturated heterocycles. The van der Waals surface area contributed by atoms with E-state index in [1.807, 2.05) is 32.4 Å². The lowest BCUT2D eigenvalue weighted by Gasteiger charge is -2.09. The molecule has 2 aromatic heterocycles. The summed E-state index contributed by atoms with van der Waals surface area (Å²) in [7, 11) is 4.07. The van der Waals surface area contributed by atoms with E-state index < -0.39 is 0 Å². The van der Waals surface area contributed by atoms with Crippen molar-refractivity contribution in [3.05, 3.63) is 42.2 Å². The Morgan fingerprint density at radius 3 is 2.88 bits per heavy atom. The van der Waals surface area contributed by atoms with Gasteiger partial charge < -0.3 is 15.2 Å². The van der Waals surface area contributed by atoms with Crippen LogP contribution in [0.25, 0.3) is 21.8 Å². The molecule has 0 aliphatic carbocycles. The summed E-state index contributed by atoms with van der Waals surface area (Å²) in [5, 5.41) is 5.34. The number of carbonyl (C=O) groups excluding carboxylic acids is 1. The van der Waals surface area contributed by atoms with Crippen LogP contribution in [0.4, 0.5) is 0 Å². The van der Waals surface area contributed by atoms with Crippen molar-refractivity contribution < 1.29 is 4.79 Å². The Bertz CT molecular complexity index is 838. The van der Waals surface area contributed by atoms with E-state index >= 15 is 0 Å². The molecule has 0 atom stereocenters. The van der Waals surface area contributed by atoms with E-state index in [4.69, 9.17) is 0 Å². The summed E-state index contributed by atoms with van der Waals surface area (Å²) in [5.74, 6) is 0.0922. The molecule has 0 spiro atoms. The predicted molar refractivity (Wildman–Crippen MR) is 98.1 cm³/mol. The number of nitrogens with one attached hydrogen (secondary N) is 2. The van der Waals surface area contributed by atoms with Gasteiger partial charge in [-0.3, -0.25) is 9.78 Å². The third-order valence-electron chi connectivity index (χ3n) is 4.16. The number of H-pyrrole nitrogens is 1. The van der Waals surface area contributed by atoms with Gasteiger partial charge in [-0.25, -0.2) is 0 Å². The number of hydrogen-bond donors (Lipinski definition) is 2. The molecule has 1 aromatic carbocycles. The van der Waals surface area contributed by atoms with Gasteiger partial charge in [-0.2, -0.15) is 0 Å². The molecule has 5 nitrogen and oxygen atoms in total. The van der Waals surface area contributed by atoms with Crippen LogP contribution >= 0.6 is 0 Å². The Kier molecular flexibility index (Phi) is 5.11. The van der Waals surface area contributed by atoms with Crippen LogP contribution in [-0.2, 0) is 11.2 Å². The minimum atomic E-state index is 0.0922. The first-order valence-corrected chi connectivity index (χ1v) is 8.40. The maximum atomic E-state index is 11.9. The third-order valence-corrected chi connectivity index (χ3v) is 4.16. The Hall–Kier alpha value is -2.40. The smallest absolute Gasteiger partial charge is 0.220 e. The molecule has 24 heavy (non-hydrogen) atoms. The van der Waals surface area contributed by atoms with Crippen LogP contribution in [0.5, 0.6) is 0 Å². The maximum Gasteiger partial charge on any atom is 0.220 e. The van der Waals surface area contributed by atoms with E-state index in [-0.39, 0.29) is 5.91 Å². The monoisotopic (exact) mass is 324 g/mol. The van der Waals surface area contributed by atoms with E-state index in [9.17, 15) is 4.79 Å². The molecule has 2 N–H and O–H groups in total. The minimum Gasteiger partial charge on any atom is -0.356 e. The maximum absolute atomic E-state index is 11.9. The summed E-state index contributed by atoms with van der Waals surface area (Å²) in [6.07, 6.45) is 3.97. The average molecular weight is 324 g/mol. The number of amides is 1. The number of pyridine rings is 1. The lowest BCUT2D eigenvalue weighted by molar-refractivity contribution is -0.121. The summed E-state index contributed by atoms with van der Waals surface area (Å²) in [6, 6.07) is 10.3. The minimum absolute atomic E-state index is 0.0922. The first kappa shape index (κ1) is 16.5. The second-order valence-electron chi connectivity index (χ2n) is 6.40. The van der Waals surface area contributed by atoms with Gasteiger partial charge >= 0.3 is 0 Å². The van der Waals surface area contributed by atoms with Gasteiger partial charge in [-0.1, -0.05) is 18.2 Å². The zero-order chi connectivity index (χ0) is 16.9. The molecule has 0 radical (unpaired) electrons. The Labute approximate surface area is 142 Å². The van der Waals surface area contributed by atoms with Crippen molar-refractivity contribution in [2.75, 3.05) is 27.2 Å². The van der Waals surface area contributed by atoms with Crippen LogP contribution in [0, 0.1) is 0 Å². The molecule has 2 heterocycles. The van der Waals surface area contributed by atoms with Crippen molar-refractivity contribution in [2.24, 2.45) is 0 Å². The molecule has 3 rings (SSSR count). The predicted octanol–water partition coefficient (Wildman–Crippen LogP) is 2.72. The van der Waals surface area contributed by atoms with Gasteiger partial charge in [0.1, 0.15) is 0 Å². The van der Waals surface area contributed by atoms with Crippen LogP contribution in [0.15, 0.2) is 36.5 Å². The van der Waals surface area contributed by atoms with Crippen molar-refractivity contribution in [1.82, 2.24) is 20.2 Å². The van der Waals surface area contributed by atoms with Gasteiger partial charge in [0, 0.05) is 34.9 Å². The number of carbonyl (C=O) groups is 1. The fraction of sp³-hybridized carbons (Fsp3) is 0.368. The van der Waals surface area contributed by atoms with Crippen molar-refractivity contribution in [3.8, 4) is 0 Å². The largest absolute Gasteiger partial charge is 0.356 e. The number of rotatable bonds is 7. The molecule has 0 fully saturated rings. The van der Waals surface area contributed by atoms with Gasteiger partial charge in [0.25, 0.3) is 0 Å². The van der Waals surface area contributed by atoms with Gasteiger partial charge in [0.2, 0.25) is 5.91 Å². The summed E-state index contributed by atoms with van der Waals surface area (Å²) < 4.78 is 0. The van der Waals surface area contributed by atoms with Crippen LogP contribution in [0.1, 0.15) is 18.5 Å². The van der Waals surface area contributed by atoms with E-state index in [0.29, 0.717) is 12.8 Å². The first-order valence-electron chi connectivity index (χ1n) is 8.40. The van der Waals surface area contributed by atoms with Gasteiger partial charge in [0.05, 0.1) is 11.7 Å². The summed E-state index contributed by atoms with van der Waals surface area (Å²) in [5.41, 5.74) is 3.11. The average Bonchev–Trinajstić information content (AvgIpc) is 2.94. The highest BCUT2D eigenvalue weighted by Crippen LogP contribution is 2.25. The first-order chi connectivity index (χ1) is 11.6. The Morgan fingerprint density at radius 1 is 1.21 bits per heavy atom. The number of benzene rings is 1. The van der Waals surface area contributed by atoms with Crippen molar-refractivity contribution >= 4 is 27.7 Å². The topological polar surface area (TPSA) is 61.0 Å². The van der Waals surface area contributed by atoms with E-state index in [1.54, 1.807) is 0 Å². The Morgan fingerprint density at radius 2 is 2.04 bits per heavy atom. The highest BCUT2D eigenvalue weighted by Gasteiger charge is 2.07. The molecule has 3 aromatic rings. The number of nitrogens with zero attached hydrogens (tertiary/aromatic N) is 2. The van der Waals surface area contributed by atoms with Crippen molar-refractivity contribution in [1.29, 1.82) is 0 Å². The van der Waals surface area contributed by atoms with Crippen LogP contribution in [0.2, 0.25) is 0 Å². The molecule has 0 saturated carbocycles. The van der Waals surface area contributed by atoms with Gasteiger partial charge in [0.15, 0.2) is 0 Å². The number of aromatic nitrogens is 2. The number of aryl methyl sites for hydroxylation is 1. The zero-order valence-electron chi connectivity index (χ0n) is 14.3. The molecule has 0 bridgehead atoms. The molecular formula is C19H24N4O. The molecule has 5 heteroatoms. The lowest BCUT2D eigenvalue weighted by Crippen LogP contribution is -2.27. The molecular weight excluding hydrogens is 300 g/mol. The quantitative estimate of drug-likeness (QED) is 0.657. The van der Waals surface area contributed by atoms with Crippen LogP contribution < -0.4 is 5.32 Å². The fourth-order valence-corrected chi connectivity index (χ4v) is 2.88. The second-order valence-corrected chi connectivity index (χ2v) is 6.40. The molecule has 0 aliphatic rings. The number of aromatic amines is 1. The SMILES string of the molecule is CN(C)CCCNC(=O)CCc1cc2c(cn1)[nH]c1ccccc12. The molecule has 126 valence electrons. The molecule has 0 aliphatic heterocycles. The second kappa shape index (κ2) is 7.45. The summed E-state index contributed by atoms with van der Waals surface area (Å²) in [6.45, 7) is 1.71. The number of para-hydroxylation sites is 1.